The molecule has 0 fully saturated rings. The van der Waals surface area contributed by atoms with Crippen LogP contribution in [0.15, 0.2) is 11.8 Å². The Morgan fingerprint density at radius 2 is 1.24 bits per heavy atom. The van der Waals surface area contributed by atoms with Gasteiger partial charge in [0, 0.05) is 18.3 Å². The summed E-state index contributed by atoms with van der Waals surface area (Å²) >= 11 is 0. The molecule has 21 heavy (non-hydrogen) atoms. The van der Waals surface area contributed by atoms with Gasteiger partial charge in [-0.3, -0.25) is 0 Å². The van der Waals surface area contributed by atoms with Crippen LogP contribution in [0.2, 0.25) is 0 Å². The van der Waals surface area contributed by atoms with Gasteiger partial charge >= 0.3 is 8.80 Å². The van der Waals surface area contributed by atoms with Crippen molar-refractivity contribution in [2.45, 2.75) is 98.9 Å². The van der Waals surface area contributed by atoms with E-state index in [1.165, 1.54) is 25.7 Å². The van der Waals surface area contributed by atoms with Crippen LogP contribution in [0, 0.1) is 0 Å². The first kappa shape index (κ1) is 20.8. The van der Waals surface area contributed by atoms with Crippen LogP contribution in [-0.2, 0) is 13.3 Å². The van der Waals surface area contributed by atoms with Crippen LogP contribution >= 0.6 is 0 Å². The van der Waals surface area contributed by atoms with Crippen LogP contribution in [0.3, 0.4) is 0 Å². The molecule has 0 unspecified atom stereocenters. The van der Waals surface area contributed by atoms with E-state index in [-0.39, 0.29) is 18.3 Å². The Kier molecular flexibility index (Phi) is 11.3. The van der Waals surface area contributed by atoms with E-state index in [1.807, 2.05) is 41.5 Å². The number of rotatable bonds is 12. The van der Waals surface area contributed by atoms with Gasteiger partial charge in [0.05, 0.1) is 0 Å². The van der Waals surface area contributed by atoms with E-state index >= 15 is 0 Å². The lowest BCUT2D eigenvalue weighted by Crippen LogP contribution is -2.49. The van der Waals surface area contributed by atoms with Crippen LogP contribution in [0.1, 0.15) is 80.6 Å². The zero-order valence-electron chi connectivity index (χ0n) is 15.1. The van der Waals surface area contributed by atoms with Crippen molar-refractivity contribution >= 4 is 8.80 Å². The van der Waals surface area contributed by atoms with E-state index in [2.05, 4.69) is 18.7 Å². The van der Waals surface area contributed by atoms with E-state index in [0.717, 1.165) is 6.42 Å². The summed E-state index contributed by atoms with van der Waals surface area (Å²) in [4.78, 5) is 0. The average molecular weight is 317 g/mol. The SMILES string of the molecule is CCCCCCC=C[Si](OC(C)C)(OC(C)C)OC(C)C. The molecule has 0 N–H and O–H groups in total. The van der Waals surface area contributed by atoms with Gasteiger partial charge in [0.25, 0.3) is 0 Å². The smallest absolute Gasteiger partial charge is 0.368 e. The molecule has 0 amide bonds. The lowest BCUT2D eigenvalue weighted by molar-refractivity contribution is 0.0139. The first-order valence-electron chi connectivity index (χ1n) is 8.52. The van der Waals surface area contributed by atoms with Crippen LogP contribution in [0.25, 0.3) is 0 Å². The highest BCUT2D eigenvalue weighted by Gasteiger charge is 2.41. The molecule has 3 nitrogen and oxygen atoms in total. The van der Waals surface area contributed by atoms with Crippen molar-refractivity contribution in [2.75, 3.05) is 0 Å². The first-order valence-corrected chi connectivity index (χ1v) is 10.3. The molecular formula is C17H36O3Si. The third kappa shape index (κ3) is 11.1. The maximum absolute atomic E-state index is 6.09. The summed E-state index contributed by atoms with van der Waals surface area (Å²) in [5.41, 5.74) is 2.08. The summed E-state index contributed by atoms with van der Waals surface area (Å²) in [5, 5.41) is 0. The van der Waals surface area contributed by atoms with Gasteiger partial charge in [-0.05, 0) is 60.1 Å². The summed E-state index contributed by atoms with van der Waals surface area (Å²) in [7, 11) is -2.73. The Morgan fingerprint density at radius 3 is 1.62 bits per heavy atom. The van der Waals surface area contributed by atoms with Crippen molar-refractivity contribution in [3.63, 3.8) is 0 Å². The number of unbranched alkanes of at least 4 members (excludes halogenated alkanes) is 4. The largest absolute Gasteiger partial charge is 0.529 e. The molecule has 0 aromatic heterocycles. The monoisotopic (exact) mass is 316 g/mol. The second-order valence-corrected chi connectivity index (χ2v) is 8.60. The molecular weight excluding hydrogens is 280 g/mol. The van der Waals surface area contributed by atoms with Crippen LogP contribution in [-0.4, -0.2) is 27.1 Å². The fourth-order valence-electron chi connectivity index (χ4n) is 2.10. The van der Waals surface area contributed by atoms with Gasteiger partial charge < -0.3 is 13.3 Å². The molecule has 0 heterocycles. The summed E-state index contributed by atoms with van der Waals surface area (Å²) in [6.07, 6.45) is 8.64. The van der Waals surface area contributed by atoms with Crippen molar-refractivity contribution in [3.05, 3.63) is 11.8 Å². The van der Waals surface area contributed by atoms with E-state index in [0.29, 0.717) is 0 Å². The second kappa shape index (κ2) is 11.4. The van der Waals surface area contributed by atoms with Crippen molar-refractivity contribution in [1.82, 2.24) is 0 Å². The van der Waals surface area contributed by atoms with E-state index in [1.54, 1.807) is 0 Å². The topological polar surface area (TPSA) is 27.7 Å². The number of hydrogen-bond acceptors (Lipinski definition) is 3. The maximum Gasteiger partial charge on any atom is 0.529 e. The highest BCUT2D eigenvalue weighted by atomic mass is 28.4. The van der Waals surface area contributed by atoms with Gasteiger partial charge in [0.15, 0.2) is 0 Å². The Bertz CT molecular complexity index is 249. The molecule has 0 spiro atoms. The van der Waals surface area contributed by atoms with Crippen molar-refractivity contribution in [2.24, 2.45) is 0 Å². The molecule has 0 saturated carbocycles. The molecule has 0 bridgehead atoms. The van der Waals surface area contributed by atoms with Crippen molar-refractivity contribution in [1.29, 1.82) is 0 Å². The third-order valence-electron chi connectivity index (χ3n) is 2.75. The third-order valence-corrected chi connectivity index (χ3v) is 5.79. The summed E-state index contributed by atoms with van der Waals surface area (Å²) in [6, 6.07) is 0. The van der Waals surface area contributed by atoms with Gasteiger partial charge in [0.1, 0.15) is 0 Å². The highest BCUT2D eigenvalue weighted by Crippen LogP contribution is 2.19. The minimum atomic E-state index is -2.73. The summed E-state index contributed by atoms with van der Waals surface area (Å²) < 4.78 is 18.3. The predicted octanol–water partition coefficient (Wildman–Crippen LogP) is 5.27. The minimum Gasteiger partial charge on any atom is -0.368 e. The molecule has 0 aliphatic carbocycles. The zero-order chi connectivity index (χ0) is 16.3. The Morgan fingerprint density at radius 1 is 0.762 bits per heavy atom. The van der Waals surface area contributed by atoms with Crippen LogP contribution < -0.4 is 0 Å². The van der Waals surface area contributed by atoms with Crippen molar-refractivity contribution in [3.8, 4) is 0 Å². The fourth-order valence-corrected chi connectivity index (χ4v) is 4.93. The number of hydrogen-bond donors (Lipinski definition) is 0. The lowest BCUT2D eigenvalue weighted by atomic mass is 10.2. The Hall–Kier alpha value is -0.163. The van der Waals surface area contributed by atoms with Crippen molar-refractivity contribution < 1.29 is 13.3 Å². The second-order valence-electron chi connectivity index (χ2n) is 6.36. The normalized spacial score (nSPS) is 13.2. The van der Waals surface area contributed by atoms with E-state index in [9.17, 15) is 0 Å². The van der Waals surface area contributed by atoms with Crippen LogP contribution in [0.5, 0.6) is 0 Å². The van der Waals surface area contributed by atoms with E-state index in [4.69, 9.17) is 13.3 Å². The first-order chi connectivity index (χ1) is 9.81. The molecule has 0 saturated heterocycles. The molecule has 4 heteroatoms. The maximum atomic E-state index is 6.09. The fraction of sp³-hybridized carbons (Fsp3) is 0.882. The average Bonchev–Trinajstić information content (AvgIpc) is 2.30. The molecule has 126 valence electrons. The molecule has 0 aliphatic rings. The van der Waals surface area contributed by atoms with Gasteiger partial charge in [-0.1, -0.05) is 32.3 Å². The van der Waals surface area contributed by atoms with Crippen LogP contribution in [0.4, 0.5) is 0 Å². The Balaban J connectivity index is 4.75. The van der Waals surface area contributed by atoms with Gasteiger partial charge in [0.2, 0.25) is 0 Å². The lowest BCUT2D eigenvalue weighted by Gasteiger charge is -2.32. The van der Waals surface area contributed by atoms with E-state index < -0.39 is 8.80 Å². The standard InChI is InChI=1S/C17H36O3Si/c1-8-9-10-11-12-13-14-21(18-15(2)3,19-16(4)5)20-17(6)7/h13-17H,8-12H2,1-7H3. The predicted molar refractivity (Wildman–Crippen MR) is 92.3 cm³/mol. The van der Waals surface area contributed by atoms with Gasteiger partial charge in [-0.25, -0.2) is 0 Å². The molecule has 0 rings (SSSR count). The molecule has 0 atom stereocenters. The highest BCUT2D eigenvalue weighted by molar-refractivity contribution is 6.66. The molecule has 0 aromatic rings. The number of allylic oxidation sites excluding steroid dienone is 1. The van der Waals surface area contributed by atoms with Gasteiger partial charge in [-0.15, -0.1) is 0 Å². The summed E-state index contributed by atoms with van der Waals surface area (Å²) in [6.45, 7) is 14.4. The summed E-state index contributed by atoms with van der Waals surface area (Å²) in [5.74, 6) is 0. The molecule has 0 radical (unpaired) electrons. The Labute approximate surface area is 133 Å². The molecule has 0 aromatic carbocycles. The molecule has 0 aliphatic heterocycles. The zero-order valence-corrected chi connectivity index (χ0v) is 16.1. The minimum absolute atomic E-state index is 0.0962. The quantitative estimate of drug-likeness (QED) is 0.363. The van der Waals surface area contributed by atoms with Gasteiger partial charge in [-0.2, -0.15) is 0 Å².